The largest absolute Gasteiger partial charge is 0.504 e. The van der Waals surface area contributed by atoms with Crippen LogP contribution in [0.3, 0.4) is 0 Å². The molecule has 3 nitrogen and oxygen atoms in total. The second kappa shape index (κ2) is 2.75. The Hall–Kier alpha value is -0.960. The molecule has 1 aromatic rings. The van der Waals surface area contributed by atoms with Crippen molar-refractivity contribution in [1.82, 2.24) is 0 Å². The van der Waals surface area contributed by atoms with Gasteiger partial charge in [-0.15, -0.1) is 0 Å². The van der Waals surface area contributed by atoms with Crippen LogP contribution in [0.2, 0.25) is 0 Å². The third-order valence-corrected chi connectivity index (χ3v) is 1.51. The van der Waals surface area contributed by atoms with E-state index >= 15 is 0 Å². The van der Waals surface area contributed by atoms with E-state index in [-0.39, 0.29) is 11.8 Å². The Balaban J connectivity index is 2.82. The molecule has 0 bridgehead atoms. The van der Waals surface area contributed by atoms with Crippen molar-refractivity contribution in [2.75, 3.05) is 0 Å². The van der Waals surface area contributed by atoms with Gasteiger partial charge in [0.2, 0.25) is 0 Å². The Kier molecular flexibility index (Phi) is 1.97. The Morgan fingerprint density at radius 3 is 2.80 bits per heavy atom. The molecule has 0 saturated carbocycles. The number of aromatic hydroxyl groups is 1. The zero-order chi connectivity index (χ0) is 7.56. The van der Waals surface area contributed by atoms with Crippen LogP contribution in [0.4, 0.5) is 0 Å². The Morgan fingerprint density at radius 1 is 1.70 bits per heavy atom. The normalized spacial score (nSPS) is 13.4. The molecule has 0 fully saturated rings. The predicted octanol–water partition coefficient (Wildman–Crippen LogP) is 1.40. The van der Waals surface area contributed by atoms with Crippen LogP contribution < -0.4 is 5.73 Å². The van der Waals surface area contributed by atoms with E-state index < -0.39 is 0 Å². The lowest BCUT2D eigenvalue weighted by atomic mass is 10.1. The van der Waals surface area contributed by atoms with Crippen molar-refractivity contribution < 1.29 is 9.52 Å². The van der Waals surface area contributed by atoms with Gasteiger partial charge in [0.1, 0.15) is 6.26 Å². The number of nitrogens with two attached hydrogens (primary N) is 1. The lowest BCUT2D eigenvalue weighted by Crippen LogP contribution is -2.07. The van der Waals surface area contributed by atoms with E-state index in [9.17, 15) is 0 Å². The smallest absolute Gasteiger partial charge is 0.158 e. The molecule has 1 aromatic heterocycles. The van der Waals surface area contributed by atoms with Gasteiger partial charge in [0.05, 0.1) is 6.26 Å². The summed E-state index contributed by atoms with van der Waals surface area (Å²) in [6.07, 6.45) is 3.56. The van der Waals surface area contributed by atoms with Crippen molar-refractivity contribution in [2.24, 2.45) is 5.73 Å². The first-order chi connectivity index (χ1) is 4.75. The number of hydrogen-bond donors (Lipinski definition) is 2. The summed E-state index contributed by atoms with van der Waals surface area (Å²) in [6, 6.07) is -0.112. The standard InChI is InChI=1S/C7H11NO2/c1-2-6(8)5-3-10-4-7(5)9/h3-4,6,9H,2,8H2,1H3/t6-/m0/s1. The Morgan fingerprint density at radius 2 is 2.40 bits per heavy atom. The number of furan rings is 1. The van der Waals surface area contributed by atoms with Gasteiger partial charge in [-0.3, -0.25) is 0 Å². The molecule has 1 atom stereocenters. The molecule has 0 aliphatic heterocycles. The van der Waals surface area contributed by atoms with E-state index in [0.717, 1.165) is 6.42 Å². The lowest BCUT2D eigenvalue weighted by molar-refractivity contribution is 0.451. The van der Waals surface area contributed by atoms with Gasteiger partial charge < -0.3 is 15.3 Å². The molecule has 10 heavy (non-hydrogen) atoms. The van der Waals surface area contributed by atoms with Gasteiger partial charge in [0.15, 0.2) is 5.75 Å². The van der Waals surface area contributed by atoms with Crippen molar-refractivity contribution in [3.63, 3.8) is 0 Å². The first kappa shape index (κ1) is 7.15. The number of hydrogen-bond acceptors (Lipinski definition) is 3. The molecule has 0 radical (unpaired) electrons. The molecule has 0 aliphatic carbocycles. The molecule has 3 N–H and O–H groups in total. The summed E-state index contributed by atoms with van der Waals surface area (Å²) in [5, 5.41) is 9.08. The fourth-order valence-electron chi connectivity index (χ4n) is 0.797. The van der Waals surface area contributed by atoms with Crippen molar-refractivity contribution in [2.45, 2.75) is 19.4 Å². The van der Waals surface area contributed by atoms with Gasteiger partial charge in [-0.05, 0) is 6.42 Å². The zero-order valence-corrected chi connectivity index (χ0v) is 5.87. The molecule has 0 spiro atoms. The maximum atomic E-state index is 9.08. The average Bonchev–Trinajstić information content (AvgIpc) is 2.34. The maximum Gasteiger partial charge on any atom is 0.158 e. The molecule has 0 unspecified atom stereocenters. The van der Waals surface area contributed by atoms with E-state index in [1.165, 1.54) is 12.5 Å². The molecule has 1 heterocycles. The first-order valence-electron chi connectivity index (χ1n) is 3.26. The monoisotopic (exact) mass is 141 g/mol. The summed E-state index contributed by atoms with van der Waals surface area (Å²) in [7, 11) is 0. The minimum atomic E-state index is -0.112. The molecule has 0 amide bonds. The summed E-state index contributed by atoms with van der Waals surface area (Å²) in [5.74, 6) is 0.148. The van der Waals surface area contributed by atoms with Crippen molar-refractivity contribution in [3.05, 3.63) is 18.1 Å². The first-order valence-corrected chi connectivity index (χ1v) is 3.26. The Labute approximate surface area is 59.5 Å². The molecule has 3 heteroatoms. The molecule has 0 saturated heterocycles. The maximum absolute atomic E-state index is 9.08. The van der Waals surface area contributed by atoms with Crippen LogP contribution in [0.15, 0.2) is 16.9 Å². The minimum absolute atomic E-state index is 0.112. The number of rotatable bonds is 2. The van der Waals surface area contributed by atoms with E-state index in [0.29, 0.717) is 5.56 Å². The highest BCUT2D eigenvalue weighted by atomic mass is 16.3. The van der Waals surface area contributed by atoms with Crippen LogP contribution >= 0.6 is 0 Å². The van der Waals surface area contributed by atoms with E-state index in [1.54, 1.807) is 0 Å². The average molecular weight is 141 g/mol. The summed E-state index contributed by atoms with van der Waals surface area (Å²) in [4.78, 5) is 0. The van der Waals surface area contributed by atoms with Gasteiger partial charge in [0, 0.05) is 11.6 Å². The minimum Gasteiger partial charge on any atom is -0.504 e. The summed E-state index contributed by atoms with van der Waals surface area (Å²) >= 11 is 0. The van der Waals surface area contributed by atoms with E-state index in [1.807, 2.05) is 6.92 Å². The van der Waals surface area contributed by atoms with Crippen LogP contribution in [0.5, 0.6) is 5.75 Å². The summed E-state index contributed by atoms with van der Waals surface area (Å²) in [5.41, 5.74) is 6.30. The highest BCUT2D eigenvalue weighted by Gasteiger charge is 2.09. The van der Waals surface area contributed by atoms with Crippen molar-refractivity contribution >= 4 is 0 Å². The molecular weight excluding hydrogens is 130 g/mol. The quantitative estimate of drug-likeness (QED) is 0.654. The summed E-state index contributed by atoms with van der Waals surface area (Å²) in [6.45, 7) is 1.96. The molecule has 0 aliphatic rings. The van der Waals surface area contributed by atoms with Gasteiger partial charge >= 0.3 is 0 Å². The van der Waals surface area contributed by atoms with Crippen LogP contribution in [0.1, 0.15) is 24.9 Å². The van der Waals surface area contributed by atoms with E-state index in [4.69, 9.17) is 15.3 Å². The Bertz CT molecular complexity index is 207. The van der Waals surface area contributed by atoms with Gasteiger partial charge in [-0.1, -0.05) is 6.92 Å². The molecule has 0 aromatic carbocycles. The van der Waals surface area contributed by atoms with Crippen LogP contribution in [0, 0.1) is 0 Å². The van der Waals surface area contributed by atoms with Crippen LogP contribution in [-0.2, 0) is 0 Å². The van der Waals surface area contributed by atoms with Gasteiger partial charge in [0.25, 0.3) is 0 Å². The second-order valence-corrected chi connectivity index (χ2v) is 2.23. The molecule has 1 rings (SSSR count). The van der Waals surface area contributed by atoms with E-state index in [2.05, 4.69) is 0 Å². The van der Waals surface area contributed by atoms with Crippen LogP contribution in [-0.4, -0.2) is 5.11 Å². The molecular formula is C7H11NO2. The topological polar surface area (TPSA) is 59.4 Å². The fourth-order valence-corrected chi connectivity index (χ4v) is 0.797. The third-order valence-electron chi connectivity index (χ3n) is 1.51. The van der Waals surface area contributed by atoms with Crippen molar-refractivity contribution in [3.8, 4) is 5.75 Å². The fraction of sp³-hybridized carbons (Fsp3) is 0.429. The van der Waals surface area contributed by atoms with Crippen LogP contribution in [0.25, 0.3) is 0 Å². The highest BCUT2D eigenvalue weighted by molar-refractivity contribution is 5.28. The SMILES string of the molecule is CC[C@H](N)c1cocc1O. The van der Waals surface area contributed by atoms with Gasteiger partial charge in [-0.25, -0.2) is 0 Å². The second-order valence-electron chi connectivity index (χ2n) is 2.23. The highest BCUT2D eigenvalue weighted by Crippen LogP contribution is 2.24. The van der Waals surface area contributed by atoms with Gasteiger partial charge in [-0.2, -0.15) is 0 Å². The third kappa shape index (κ3) is 1.14. The van der Waals surface area contributed by atoms with Crippen molar-refractivity contribution in [1.29, 1.82) is 0 Å². The molecule has 56 valence electrons. The predicted molar refractivity (Wildman–Crippen MR) is 37.6 cm³/mol. The lowest BCUT2D eigenvalue weighted by Gasteiger charge is -2.04. The zero-order valence-electron chi connectivity index (χ0n) is 5.87. The summed E-state index contributed by atoms with van der Waals surface area (Å²) < 4.78 is 4.74.